The monoisotopic (exact) mass is 218 g/mol. The summed E-state index contributed by atoms with van der Waals surface area (Å²) in [4.78, 5) is 13.5. The predicted molar refractivity (Wildman–Crippen MR) is 64.3 cm³/mol. The van der Waals surface area contributed by atoms with Crippen LogP contribution in [0, 0.1) is 6.92 Å². The molecule has 2 rings (SSSR count). The van der Waals surface area contributed by atoms with Crippen molar-refractivity contribution in [3.63, 3.8) is 0 Å². The topological polar surface area (TPSA) is 32.3 Å². The molecular weight excluding hydrogens is 200 g/mol. The third-order valence-electron chi connectivity index (χ3n) is 3.04. The third-order valence-corrected chi connectivity index (χ3v) is 3.04. The lowest BCUT2D eigenvalue weighted by molar-refractivity contribution is 0.206. The molecule has 0 aromatic heterocycles. The van der Waals surface area contributed by atoms with Crippen molar-refractivity contribution in [2.75, 3.05) is 6.54 Å². The van der Waals surface area contributed by atoms with Crippen molar-refractivity contribution >= 4 is 6.03 Å². The molecule has 3 heteroatoms. The normalized spacial score (nSPS) is 20.4. The molecule has 0 saturated carbocycles. The Bertz CT molecular complexity index is 383. The number of nitrogens with zero attached hydrogens (tertiary/aromatic N) is 1. The van der Waals surface area contributed by atoms with Crippen LogP contribution in [0.25, 0.3) is 0 Å². The second kappa shape index (κ2) is 4.16. The van der Waals surface area contributed by atoms with Gasteiger partial charge >= 0.3 is 6.03 Å². The van der Waals surface area contributed by atoms with E-state index in [1.165, 1.54) is 11.1 Å². The molecule has 3 nitrogen and oxygen atoms in total. The van der Waals surface area contributed by atoms with E-state index in [2.05, 4.69) is 36.5 Å². The molecule has 1 aromatic carbocycles. The Labute approximate surface area is 96.5 Å². The number of rotatable bonds is 2. The van der Waals surface area contributed by atoms with Gasteiger partial charge in [-0.15, -0.1) is 0 Å². The lowest BCUT2D eigenvalue weighted by Crippen LogP contribution is -2.33. The van der Waals surface area contributed by atoms with Gasteiger partial charge in [-0.1, -0.05) is 29.8 Å². The highest BCUT2D eigenvalue weighted by atomic mass is 16.2. The Morgan fingerprint density at radius 3 is 2.44 bits per heavy atom. The van der Waals surface area contributed by atoms with Crippen LogP contribution in [0.1, 0.15) is 31.0 Å². The van der Waals surface area contributed by atoms with E-state index in [1.807, 2.05) is 18.7 Å². The molecule has 1 heterocycles. The maximum atomic E-state index is 11.7. The number of carbonyl (C=O) groups excluding carboxylic acids is 1. The second-order valence-electron chi connectivity index (χ2n) is 4.66. The first-order valence-electron chi connectivity index (χ1n) is 5.71. The van der Waals surface area contributed by atoms with Crippen LogP contribution in [0.3, 0.4) is 0 Å². The molecule has 0 bridgehead atoms. The molecule has 1 saturated heterocycles. The van der Waals surface area contributed by atoms with Crippen LogP contribution in [0.4, 0.5) is 4.79 Å². The van der Waals surface area contributed by atoms with Crippen LogP contribution in [0.15, 0.2) is 24.3 Å². The van der Waals surface area contributed by atoms with Gasteiger partial charge in [0.2, 0.25) is 0 Å². The van der Waals surface area contributed by atoms with E-state index < -0.39 is 0 Å². The van der Waals surface area contributed by atoms with E-state index in [9.17, 15) is 4.79 Å². The van der Waals surface area contributed by atoms with Crippen LogP contribution in [0.5, 0.6) is 0 Å². The highest BCUT2D eigenvalue weighted by molar-refractivity contribution is 5.77. The maximum Gasteiger partial charge on any atom is 0.318 e. The molecule has 1 aromatic rings. The van der Waals surface area contributed by atoms with Crippen LogP contribution in [0.2, 0.25) is 0 Å². The average Bonchev–Trinajstić information content (AvgIpc) is 2.61. The van der Waals surface area contributed by atoms with Crippen LogP contribution in [-0.4, -0.2) is 23.5 Å². The number of benzene rings is 1. The standard InChI is InChI=1S/C13H18N2O/c1-9(2)15-8-12(14-13(15)16)11-6-4-10(3)5-7-11/h4-7,9,12H,8H2,1-3H3,(H,14,16). The van der Waals surface area contributed by atoms with Gasteiger partial charge in [0, 0.05) is 12.6 Å². The summed E-state index contributed by atoms with van der Waals surface area (Å²) >= 11 is 0. The maximum absolute atomic E-state index is 11.7. The Kier molecular flexibility index (Phi) is 2.86. The molecule has 2 amide bonds. The van der Waals surface area contributed by atoms with Gasteiger partial charge in [0.05, 0.1) is 6.04 Å². The zero-order valence-electron chi connectivity index (χ0n) is 10.0. The molecule has 1 fully saturated rings. The second-order valence-corrected chi connectivity index (χ2v) is 4.66. The number of carbonyl (C=O) groups is 1. The average molecular weight is 218 g/mol. The van der Waals surface area contributed by atoms with Gasteiger partial charge in [0.15, 0.2) is 0 Å². The van der Waals surface area contributed by atoms with E-state index in [1.54, 1.807) is 0 Å². The van der Waals surface area contributed by atoms with Gasteiger partial charge in [-0.25, -0.2) is 4.79 Å². The quantitative estimate of drug-likeness (QED) is 0.812. The number of amides is 2. The van der Waals surface area contributed by atoms with Crippen molar-refractivity contribution in [1.82, 2.24) is 10.2 Å². The summed E-state index contributed by atoms with van der Waals surface area (Å²) in [5.74, 6) is 0. The van der Waals surface area contributed by atoms with E-state index >= 15 is 0 Å². The molecule has 1 N–H and O–H groups in total. The largest absolute Gasteiger partial charge is 0.329 e. The summed E-state index contributed by atoms with van der Waals surface area (Å²) in [6.07, 6.45) is 0. The van der Waals surface area contributed by atoms with E-state index in [4.69, 9.17) is 0 Å². The van der Waals surface area contributed by atoms with Crippen molar-refractivity contribution in [3.8, 4) is 0 Å². The Morgan fingerprint density at radius 1 is 1.31 bits per heavy atom. The Hall–Kier alpha value is -1.51. The van der Waals surface area contributed by atoms with Gasteiger partial charge in [-0.05, 0) is 26.3 Å². The Morgan fingerprint density at radius 2 is 1.94 bits per heavy atom. The number of hydrogen-bond acceptors (Lipinski definition) is 1. The fourth-order valence-electron chi connectivity index (χ4n) is 1.99. The molecule has 1 aliphatic heterocycles. The van der Waals surface area contributed by atoms with Gasteiger partial charge in [0.1, 0.15) is 0 Å². The van der Waals surface area contributed by atoms with Gasteiger partial charge in [-0.2, -0.15) is 0 Å². The summed E-state index contributed by atoms with van der Waals surface area (Å²) < 4.78 is 0. The summed E-state index contributed by atoms with van der Waals surface area (Å²) in [6.45, 7) is 6.91. The van der Waals surface area contributed by atoms with E-state index in [0.717, 1.165) is 6.54 Å². The van der Waals surface area contributed by atoms with Crippen molar-refractivity contribution < 1.29 is 4.79 Å². The van der Waals surface area contributed by atoms with Crippen molar-refractivity contribution in [2.45, 2.75) is 32.9 Å². The van der Waals surface area contributed by atoms with Gasteiger partial charge in [-0.3, -0.25) is 0 Å². The van der Waals surface area contributed by atoms with Crippen molar-refractivity contribution in [3.05, 3.63) is 35.4 Å². The first kappa shape index (κ1) is 11.0. The summed E-state index contributed by atoms with van der Waals surface area (Å²) in [5.41, 5.74) is 2.43. The lowest BCUT2D eigenvalue weighted by Gasteiger charge is -2.18. The summed E-state index contributed by atoms with van der Waals surface area (Å²) in [5, 5.41) is 3.01. The van der Waals surface area contributed by atoms with Crippen LogP contribution >= 0.6 is 0 Å². The van der Waals surface area contributed by atoms with Crippen LogP contribution in [-0.2, 0) is 0 Å². The molecule has 1 aliphatic rings. The fraction of sp³-hybridized carbons (Fsp3) is 0.462. The molecule has 16 heavy (non-hydrogen) atoms. The SMILES string of the molecule is Cc1ccc(C2CN(C(C)C)C(=O)N2)cc1. The molecule has 86 valence electrons. The number of aryl methyl sites for hydroxylation is 1. The molecule has 0 aliphatic carbocycles. The molecular formula is C13H18N2O. The lowest BCUT2D eigenvalue weighted by atomic mass is 10.1. The highest BCUT2D eigenvalue weighted by Crippen LogP contribution is 2.21. The van der Waals surface area contributed by atoms with Crippen LogP contribution < -0.4 is 5.32 Å². The molecule has 1 atom stereocenters. The highest BCUT2D eigenvalue weighted by Gasteiger charge is 2.30. The van der Waals surface area contributed by atoms with Crippen molar-refractivity contribution in [1.29, 1.82) is 0 Å². The molecule has 1 unspecified atom stereocenters. The number of hydrogen-bond donors (Lipinski definition) is 1. The summed E-state index contributed by atoms with van der Waals surface area (Å²) in [7, 11) is 0. The fourth-order valence-corrected chi connectivity index (χ4v) is 1.99. The number of nitrogens with one attached hydrogen (secondary N) is 1. The first-order valence-corrected chi connectivity index (χ1v) is 5.71. The minimum Gasteiger partial charge on any atom is -0.329 e. The van der Waals surface area contributed by atoms with Gasteiger partial charge in [0.25, 0.3) is 0 Å². The minimum atomic E-state index is 0.0422. The van der Waals surface area contributed by atoms with Crippen molar-refractivity contribution in [2.24, 2.45) is 0 Å². The van der Waals surface area contributed by atoms with Gasteiger partial charge < -0.3 is 10.2 Å². The minimum absolute atomic E-state index is 0.0422. The zero-order chi connectivity index (χ0) is 11.7. The first-order chi connectivity index (χ1) is 7.58. The summed E-state index contributed by atoms with van der Waals surface area (Å²) in [6, 6.07) is 8.78. The molecule has 0 spiro atoms. The Balaban J connectivity index is 2.13. The molecule has 0 radical (unpaired) electrons. The number of urea groups is 1. The smallest absolute Gasteiger partial charge is 0.318 e. The predicted octanol–water partition coefficient (Wildman–Crippen LogP) is 2.47. The van der Waals surface area contributed by atoms with E-state index in [0.29, 0.717) is 0 Å². The zero-order valence-corrected chi connectivity index (χ0v) is 10.0. The third kappa shape index (κ3) is 2.03. The van der Waals surface area contributed by atoms with E-state index in [-0.39, 0.29) is 18.1 Å².